The van der Waals surface area contributed by atoms with Gasteiger partial charge < -0.3 is 10.3 Å². The normalized spacial score (nSPS) is 10.3. The summed E-state index contributed by atoms with van der Waals surface area (Å²) in [5.41, 5.74) is 3.56. The first-order valence-electron chi connectivity index (χ1n) is 5.29. The number of carbonyl (C=O) groups is 1. The van der Waals surface area contributed by atoms with Crippen molar-refractivity contribution in [2.75, 3.05) is 5.32 Å². The number of benzene rings is 1. The number of rotatable bonds is 2. The number of H-pyrrole nitrogens is 1. The van der Waals surface area contributed by atoms with Crippen LogP contribution in [0.3, 0.4) is 0 Å². The highest BCUT2D eigenvalue weighted by Gasteiger charge is 2.09. The molecule has 4 heteroatoms. The summed E-state index contributed by atoms with van der Waals surface area (Å²) in [5.74, 6) is -0.135. The van der Waals surface area contributed by atoms with Gasteiger partial charge in [0.25, 0.3) is 5.91 Å². The maximum Gasteiger partial charge on any atom is 0.272 e. The lowest BCUT2D eigenvalue weighted by Crippen LogP contribution is -2.13. The summed E-state index contributed by atoms with van der Waals surface area (Å²) in [6.45, 7) is 3.97. The van der Waals surface area contributed by atoms with Crippen LogP contribution in [0.1, 0.15) is 21.6 Å². The number of amides is 1. The lowest BCUT2D eigenvalue weighted by molar-refractivity contribution is 0.102. The molecule has 0 spiro atoms. The van der Waals surface area contributed by atoms with Crippen molar-refractivity contribution in [3.63, 3.8) is 0 Å². The Hall–Kier alpha value is -1.55. The highest BCUT2D eigenvalue weighted by Crippen LogP contribution is 2.18. The number of hydrogen-bond donors (Lipinski definition) is 2. The summed E-state index contributed by atoms with van der Waals surface area (Å²) < 4.78 is 0.864. The Labute approximate surface area is 108 Å². The lowest BCUT2D eigenvalue weighted by atomic mass is 10.1. The first-order valence-corrected chi connectivity index (χ1v) is 6.08. The molecule has 0 radical (unpaired) electrons. The lowest BCUT2D eigenvalue weighted by Gasteiger charge is -2.08. The smallest absolute Gasteiger partial charge is 0.272 e. The van der Waals surface area contributed by atoms with Crippen LogP contribution in [0.5, 0.6) is 0 Å². The number of anilines is 1. The predicted molar refractivity (Wildman–Crippen MR) is 72.4 cm³/mol. The fourth-order valence-corrected chi connectivity index (χ4v) is 1.90. The minimum absolute atomic E-state index is 0.135. The molecule has 0 saturated heterocycles. The van der Waals surface area contributed by atoms with Gasteiger partial charge in [-0.05, 0) is 53.0 Å². The van der Waals surface area contributed by atoms with E-state index in [1.807, 2.05) is 32.0 Å². The van der Waals surface area contributed by atoms with Gasteiger partial charge in [-0.15, -0.1) is 0 Å². The van der Waals surface area contributed by atoms with Crippen LogP contribution >= 0.6 is 15.9 Å². The molecule has 2 N–H and O–H groups in total. The minimum atomic E-state index is -0.135. The van der Waals surface area contributed by atoms with Gasteiger partial charge in [0.2, 0.25) is 0 Å². The monoisotopic (exact) mass is 292 g/mol. The molecule has 0 unspecified atom stereocenters. The van der Waals surface area contributed by atoms with Gasteiger partial charge in [0.05, 0.1) is 0 Å². The summed E-state index contributed by atoms with van der Waals surface area (Å²) >= 11 is 3.30. The van der Waals surface area contributed by atoms with E-state index in [1.54, 1.807) is 12.3 Å². The van der Waals surface area contributed by atoms with Gasteiger partial charge in [-0.1, -0.05) is 12.1 Å². The third-order valence-corrected chi connectivity index (χ3v) is 2.99. The molecule has 0 aliphatic rings. The van der Waals surface area contributed by atoms with Crippen LogP contribution in [0, 0.1) is 13.8 Å². The number of carbonyl (C=O) groups excluding carboxylic acids is 1. The van der Waals surface area contributed by atoms with Crippen molar-refractivity contribution < 1.29 is 4.79 Å². The van der Waals surface area contributed by atoms with E-state index < -0.39 is 0 Å². The molecule has 0 bridgehead atoms. The van der Waals surface area contributed by atoms with Crippen molar-refractivity contribution in [2.24, 2.45) is 0 Å². The van der Waals surface area contributed by atoms with Gasteiger partial charge in [0.1, 0.15) is 5.69 Å². The molecular formula is C13H13BrN2O. The Kier molecular flexibility index (Phi) is 3.33. The predicted octanol–water partition coefficient (Wildman–Crippen LogP) is 3.65. The number of halogens is 1. The quantitative estimate of drug-likeness (QED) is 0.872. The second kappa shape index (κ2) is 4.75. The van der Waals surface area contributed by atoms with Crippen molar-refractivity contribution in [1.29, 1.82) is 0 Å². The SMILES string of the molecule is Cc1ccc(C)c(NC(=O)c2cc(Br)c[nH]2)c1. The molecule has 0 aliphatic heterocycles. The average Bonchev–Trinajstić information content (AvgIpc) is 2.70. The van der Waals surface area contributed by atoms with E-state index in [2.05, 4.69) is 26.2 Å². The largest absolute Gasteiger partial charge is 0.356 e. The van der Waals surface area contributed by atoms with Gasteiger partial charge in [0.15, 0.2) is 0 Å². The zero-order chi connectivity index (χ0) is 12.4. The molecule has 17 heavy (non-hydrogen) atoms. The number of aromatic nitrogens is 1. The molecule has 1 heterocycles. The number of hydrogen-bond acceptors (Lipinski definition) is 1. The molecular weight excluding hydrogens is 280 g/mol. The average molecular weight is 293 g/mol. The Balaban J connectivity index is 2.21. The molecule has 1 aromatic heterocycles. The van der Waals surface area contributed by atoms with Crippen molar-refractivity contribution in [2.45, 2.75) is 13.8 Å². The van der Waals surface area contributed by atoms with Gasteiger partial charge >= 0.3 is 0 Å². The first kappa shape index (κ1) is 11.9. The van der Waals surface area contributed by atoms with Crippen molar-refractivity contribution in [1.82, 2.24) is 4.98 Å². The number of aromatic amines is 1. The Morgan fingerprint density at radius 3 is 2.71 bits per heavy atom. The molecule has 0 atom stereocenters. The van der Waals surface area contributed by atoms with Gasteiger partial charge in [0, 0.05) is 16.4 Å². The second-order valence-corrected chi connectivity index (χ2v) is 4.92. The Morgan fingerprint density at radius 2 is 2.06 bits per heavy atom. The third-order valence-electron chi connectivity index (χ3n) is 2.53. The molecule has 1 amide bonds. The first-order chi connectivity index (χ1) is 8.06. The summed E-state index contributed by atoms with van der Waals surface area (Å²) in [7, 11) is 0. The zero-order valence-electron chi connectivity index (χ0n) is 9.67. The molecule has 1 aromatic carbocycles. The second-order valence-electron chi connectivity index (χ2n) is 4.00. The zero-order valence-corrected chi connectivity index (χ0v) is 11.3. The van der Waals surface area contributed by atoms with Crippen LogP contribution in [0.4, 0.5) is 5.69 Å². The van der Waals surface area contributed by atoms with E-state index in [9.17, 15) is 4.79 Å². The van der Waals surface area contributed by atoms with Crippen molar-refractivity contribution >= 4 is 27.5 Å². The van der Waals surface area contributed by atoms with Crippen molar-refractivity contribution in [3.05, 3.63) is 51.8 Å². The number of nitrogens with one attached hydrogen (secondary N) is 2. The fourth-order valence-electron chi connectivity index (χ4n) is 1.56. The van der Waals surface area contributed by atoms with Crippen LogP contribution < -0.4 is 5.32 Å². The van der Waals surface area contributed by atoms with E-state index in [-0.39, 0.29) is 5.91 Å². The maximum atomic E-state index is 11.9. The van der Waals surface area contributed by atoms with Crippen LogP contribution in [0.25, 0.3) is 0 Å². The highest BCUT2D eigenvalue weighted by atomic mass is 79.9. The standard InChI is InChI=1S/C13H13BrN2O/c1-8-3-4-9(2)11(5-8)16-13(17)12-6-10(14)7-15-12/h3-7,15H,1-2H3,(H,16,17). The van der Waals surface area contributed by atoms with Crippen LogP contribution in [-0.2, 0) is 0 Å². The maximum absolute atomic E-state index is 11.9. The van der Waals surface area contributed by atoms with E-state index >= 15 is 0 Å². The number of aryl methyl sites for hydroxylation is 2. The molecule has 3 nitrogen and oxygen atoms in total. The Morgan fingerprint density at radius 1 is 1.29 bits per heavy atom. The minimum Gasteiger partial charge on any atom is -0.356 e. The summed E-state index contributed by atoms with van der Waals surface area (Å²) in [6, 6.07) is 7.73. The van der Waals surface area contributed by atoms with Crippen molar-refractivity contribution in [3.8, 4) is 0 Å². The van der Waals surface area contributed by atoms with Gasteiger partial charge in [-0.2, -0.15) is 0 Å². The molecule has 2 aromatic rings. The summed E-state index contributed by atoms with van der Waals surface area (Å²) in [4.78, 5) is 14.8. The summed E-state index contributed by atoms with van der Waals surface area (Å²) in [6.07, 6.45) is 1.73. The van der Waals surface area contributed by atoms with Crippen LogP contribution in [0.2, 0.25) is 0 Å². The fraction of sp³-hybridized carbons (Fsp3) is 0.154. The van der Waals surface area contributed by atoms with E-state index in [0.29, 0.717) is 5.69 Å². The molecule has 88 valence electrons. The third kappa shape index (κ3) is 2.77. The van der Waals surface area contributed by atoms with E-state index in [0.717, 1.165) is 21.3 Å². The van der Waals surface area contributed by atoms with Crippen LogP contribution in [0.15, 0.2) is 34.9 Å². The topological polar surface area (TPSA) is 44.9 Å². The summed E-state index contributed by atoms with van der Waals surface area (Å²) in [5, 5.41) is 2.89. The molecule has 0 fully saturated rings. The van der Waals surface area contributed by atoms with Gasteiger partial charge in [-0.25, -0.2) is 0 Å². The Bertz CT molecular complexity index is 560. The van der Waals surface area contributed by atoms with Gasteiger partial charge in [-0.3, -0.25) is 4.79 Å². The molecule has 0 aliphatic carbocycles. The molecule has 0 saturated carbocycles. The van der Waals surface area contributed by atoms with Crippen LogP contribution in [-0.4, -0.2) is 10.9 Å². The van der Waals surface area contributed by atoms with E-state index in [4.69, 9.17) is 0 Å². The van der Waals surface area contributed by atoms with E-state index in [1.165, 1.54) is 0 Å². The molecule has 2 rings (SSSR count). The highest BCUT2D eigenvalue weighted by molar-refractivity contribution is 9.10.